The molecule has 1 N–H and O–H groups in total. The summed E-state index contributed by atoms with van der Waals surface area (Å²) >= 11 is 0. The number of hydrogen-bond donors (Lipinski definition) is 1. The SMILES string of the molecule is CC1(C)OB(c2cc3cccc(OCc4ccccc4)c3[nH]2)OC1(C)C. The Morgan fingerprint density at radius 2 is 1.62 bits per heavy atom. The highest BCUT2D eigenvalue weighted by Crippen LogP contribution is 2.37. The second-order valence-electron chi connectivity index (χ2n) is 7.81. The molecule has 0 radical (unpaired) electrons. The molecule has 0 aliphatic carbocycles. The fourth-order valence-electron chi connectivity index (χ4n) is 3.10. The maximum atomic E-state index is 6.15. The third kappa shape index (κ3) is 3.02. The molecule has 0 saturated carbocycles. The lowest BCUT2D eigenvalue weighted by Crippen LogP contribution is -2.41. The largest absolute Gasteiger partial charge is 0.512 e. The van der Waals surface area contributed by atoms with Crippen LogP contribution in [0.1, 0.15) is 33.3 Å². The summed E-state index contributed by atoms with van der Waals surface area (Å²) in [5, 5.41) is 1.08. The van der Waals surface area contributed by atoms with Gasteiger partial charge in [-0.15, -0.1) is 0 Å². The molecule has 2 aromatic carbocycles. The summed E-state index contributed by atoms with van der Waals surface area (Å²) < 4.78 is 18.4. The first kappa shape index (κ1) is 17.2. The molecule has 2 heterocycles. The van der Waals surface area contributed by atoms with E-state index in [2.05, 4.69) is 56.9 Å². The van der Waals surface area contributed by atoms with Crippen LogP contribution in [0.4, 0.5) is 0 Å². The van der Waals surface area contributed by atoms with Crippen molar-refractivity contribution in [3.8, 4) is 5.75 Å². The Hall–Kier alpha value is -2.24. The summed E-state index contributed by atoms with van der Waals surface area (Å²) in [6.07, 6.45) is 0. The monoisotopic (exact) mass is 349 g/mol. The van der Waals surface area contributed by atoms with Gasteiger partial charge in [0.05, 0.1) is 16.7 Å². The van der Waals surface area contributed by atoms with Crippen LogP contribution in [0, 0.1) is 0 Å². The number of aromatic nitrogens is 1. The van der Waals surface area contributed by atoms with Crippen LogP contribution in [-0.2, 0) is 15.9 Å². The number of aromatic amines is 1. The van der Waals surface area contributed by atoms with Crippen molar-refractivity contribution in [1.29, 1.82) is 0 Å². The van der Waals surface area contributed by atoms with Gasteiger partial charge in [-0.3, -0.25) is 0 Å². The van der Waals surface area contributed by atoms with Crippen LogP contribution in [-0.4, -0.2) is 23.3 Å². The third-order valence-electron chi connectivity index (χ3n) is 5.38. The summed E-state index contributed by atoms with van der Waals surface area (Å²) in [7, 11) is -0.408. The maximum Gasteiger partial charge on any atom is 0.512 e. The van der Waals surface area contributed by atoms with Crippen LogP contribution in [0.5, 0.6) is 5.75 Å². The lowest BCUT2D eigenvalue weighted by molar-refractivity contribution is 0.00578. The van der Waals surface area contributed by atoms with Crippen molar-refractivity contribution in [3.63, 3.8) is 0 Å². The van der Waals surface area contributed by atoms with Gasteiger partial charge >= 0.3 is 7.12 Å². The van der Waals surface area contributed by atoms with E-state index in [0.717, 1.165) is 27.8 Å². The lowest BCUT2D eigenvalue weighted by Gasteiger charge is -2.32. The molecule has 1 fully saturated rings. The summed E-state index contributed by atoms with van der Waals surface area (Å²) in [6.45, 7) is 8.77. The topological polar surface area (TPSA) is 43.5 Å². The van der Waals surface area contributed by atoms with Crippen LogP contribution >= 0.6 is 0 Å². The van der Waals surface area contributed by atoms with E-state index in [1.165, 1.54) is 0 Å². The van der Waals surface area contributed by atoms with E-state index in [9.17, 15) is 0 Å². The molecule has 3 aromatic rings. The van der Waals surface area contributed by atoms with Crippen LogP contribution in [0.25, 0.3) is 10.9 Å². The zero-order valence-corrected chi connectivity index (χ0v) is 15.7. The van der Waals surface area contributed by atoms with Gasteiger partial charge in [0.25, 0.3) is 0 Å². The van der Waals surface area contributed by atoms with Gasteiger partial charge < -0.3 is 19.0 Å². The second kappa shape index (κ2) is 6.18. The number of para-hydroxylation sites is 1. The Bertz CT molecular complexity index is 901. The molecular formula is C21H24BNO3. The van der Waals surface area contributed by atoms with Gasteiger partial charge in [-0.05, 0) is 45.4 Å². The second-order valence-corrected chi connectivity index (χ2v) is 7.81. The molecule has 5 heteroatoms. The zero-order chi connectivity index (χ0) is 18.4. The number of rotatable bonds is 4. The molecule has 0 atom stereocenters. The maximum absolute atomic E-state index is 6.15. The van der Waals surface area contributed by atoms with Crippen LogP contribution in [0.2, 0.25) is 0 Å². The standard InChI is InChI=1S/C21H24BNO3/c1-20(2)21(3,4)26-22(25-20)18-13-16-11-8-12-17(19(16)23-18)24-14-15-9-6-5-7-10-15/h5-13,23H,14H2,1-4H3. The van der Waals surface area contributed by atoms with E-state index < -0.39 is 7.12 Å². The minimum absolute atomic E-state index is 0.360. The molecule has 0 spiro atoms. The minimum Gasteiger partial charge on any atom is -0.487 e. The average molecular weight is 349 g/mol. The normalized spacial score (nSPS) is 18.4. The molecule has 0 unspecified atom stereocenters. The molecule has 4 nitrogen and oxygen atoms in total. The van der Waals surface area contributed by atoms with E-state index in [1.807, 2.05) is 30.3 Å². The Morgan fingerprint density at radius 3 is 2.31 bits per heavy atom. The highest BCUT2D eigenvalue weighted by molar-refractivity contribution is 6.61. The van der Waals surface area contributed by atoms with Gasteiger partial charge in [-0.25, -0.2) is 0 Å². The zero-order valence-electron chi connectivity index (χ0n) is 15.7. The molecule has 1 aromatic heterocycles. The van der Waals surface area contributed by atoms with Gasteiger partial charge in [0.2, 0.25) is 0 Å². The molecule has 0 bridgehead atoms. The van der Waals surface area contributed by atoms with Crippen molar-refractivity contribution in [1.82, 2.24) is 4.98 Å². The van der Waals surface area contributed by atoms with E-state index in [4.69, 9.17) is 14.0 Å². The van der Waals surface area contributed by atoms with Gasteiger partial charge in [0.1, 0.15) is 12.4 Å². The van der Waals surface area contributed by atoms with Gasteiger partial charge in [-0.2, -0.15) is 0 Å². The molecule has 1 saturated heterocycles. The first-order chi connectivity index (χ1) is 12.4. The molecule has 4 rings (SSSR count). The smallest absolute Gasteiger partial charge is 0.487 e. The van der Waals surface area contributed by atoms with E-state index >= 15 is 0 Å². The third-order valence-corrected chi connectivity index (χ3v) is 5.38. The van der Waals surface area contributed by atoms with Crippen molar-refractivity contribution >= 4 is 23.6 Å². The van der Waals surface area contributed by atoms with Gasteiger partial charge in [0.15, 0.2) is 0 Å². The summed E-state index contributed by atoms with van der Waals surface area (Å²) in [4.78, 5) is 3.44. The molecule has 1 aliphatic heterocycles. The molecule has 0 amide bonds. The van der Waals surface area contributed by atoms with Crippen LogP contribution in [0.3, 0.4) is 0 Å². The molecule has 1 aliphatic rings. The van der Waals surface area contributed by atoms with E-state index in [-0.39, 0.29) is 11.2 Å². The first-order valence-electron chi connectivity index (χ1n) is 9.00. The van der Waals surface area contributed by atoms with Crippen LogP contribution in [0.15, 0.2) is 54.6 Å². The summed E-state index contributed by atoms with van der Waals surface area (Å²) in [5.74, 6) is 0.828. The fraction of sp³-hybridized carbons (Fsp3) is 0.333. The number of ether oxygens (including phenoxy) is 1. The Kier molecular flexibility index (Phi) is 4.09. The molecular weight excluding hydrogens is 325 g/mol. The quantitative estimate of drug-likeness (QED) is 0.723. The number of nitrogens with one attached hydrogen (secondary N) is 1. The Labute approximate surface area is 154 Å². The Balaban J connectivity index is 1.60. The minimum atomic E-state index is -0.408. The van der Waals surface area contributed by atoms with E-state index in [0.29, 0.717) is 6.61 Å². The van der Waals surface area contributed by atoms with Crippen molar-refractivity contribution < 1.29 is 14.0 Å². The number of H-pyrrole nitrogens is 1. The predicted molar refractivity (Wildman–Crippen MR) is 105 cm³/mol. The first-order valence-corrected chi connectivity index (χ1v) is 9.00. The summed E-state index contributed by atoms with van der Waals surface area (Å²) in [6, 6.07) is 18.3. The van der Waals surface area contributed by atoms with Crippen molar-refractivity contribution in [3.05, 3.63) is 60.2 Å². The molecule has 134 valence electrons. The van der Waals surface area contributed by atoms with Crippen molar-refractivity contribution in [2.24, 2.45) is 0 Å². The van der Waals surface area contributed by atoms with Crippen LogP contribution < -0.4 is 10.3 Å². The summed E-state index contributed by atoms with van der Waals surface area (Å²) in [5.41, 5.74) is 2.30. The highest BCUT2D eigenvalue weighted by atomic mass is 16.7. The number of fused-ring (bicyclic) bond motifs is 1. The van der Waals surface area contributed by atoms with Crippen molar-refractivity contribution in [2.45, 2.75) is 45.5 Å². The van der Waals surface area contributed by atoms with Gasteiger partial charge in [-0.1, -0.05) is 42.5 Å². The Morgan fingerprint density at radius 1 is 0.923 bits per heavy atom. The molecule has 26 heavy (non-hydrogen) atoms. The van der Waals surface area contributed by atoms with E-state index in [1.54, 1.807) is 0 Å². The average Bonchev–Trinajstić information content (AvgIpc) is 3.13. The lowest BCUT2D eigenvalue weighted by atomic mass is 9.85. The predicted octanol–water partition coefficient (Wildman–Crippen LogP) is 4.05. The fourth-order valence-corrected chi connectivity index (χ4v) is 3.10. The number of hydrogen-bond acceptors (Lipinski definition) is 3. The number of benzene rings is 2. The van der Waals surface area contributed by atoms with Gasteiger partial charge in [0, 0.05) is 11.0 Å². The highest BCUT2D eigenvalue weighted by Gasteiger charge is 2.52. The van der Waals surface area contributed by atoms with Crippen molar-refractivity contribution in [2.75, 3.05) is 0 Å².